The van der Waals surface area contributed by atoms with Gasteiger partial charge in [-0.1, -0.05) is 23.8 Å². The van der Waals surface area contributed by atoms with Gasteiger partial charge in [0, 0.05) is 41.9 Å². The standard InChI is InChI=1S/C24H26N4O2S/c1-16-10-17(2)24(18(3)11-16)27-20-7-8-22-19(13-25-4)15-28(23(22)12-20)31(29,30)21-6-5-9-26-14-21/h5-12,14-15,25,27H,13H2,1-4H3. The number of hydrogen-bond acceptors (Lipinski definition) is 5. The molecule has 2 aromatic carbocycles. The summed E-state index contributed by atoms with van der Waals surface area (Å²) in [5.74, 6) is 0. The molecular formula is C24H26N4O2S. The van der Waals surface area contributed by atoms with Crippen LogP contribution >= 0.6 is 0 Å². The van der Waals surface area contributed by atoms with Crippen LogP contribution in [0, 0.1) is 20.8 Å². The lowest BCUT2D eigenvalue weighted by atomic mass is 10.0. The molecule has 2 heterocycles. The molecule has 0 spiro atoms. The summed E-state index contributed by atoms with van der Waals surface area (Å²) in [6.07, 6.45) is 4.63. The van der Waals surface area contributed by atoms with Gasteiger partial charge in [-0.2, -0.15) is 0 Å². The van der Waals surface area contributed by atoms with Crippen LogP contribution in [0.1, 0.15) is 22.3 Å². The van der Waals surface area contributed by atoms with Crippen molar-refractivity contribution in [2.45, 2.75) is 32.2 Å². The molecule has 0 atom stereocenters. The zero-order valence-corrected chi connectivity index (χ0v) is 18.9. The molecule has 4 rings (SSSR count). The molecule has 160 valence electrons. The maximum Gasteiger partial charge on any atom is 0.269 e. The van der Waals surface area contributed by atoms with Gasteiger partial charge < -0.3 is 10.6 Å². The van der Waals surface area contributed by atoms with Crippen molar-refractivity contribution in [3.05, 3.63) is 83.3 Å². The van der Waals surface area contributed by atoms with Gasteiger partial charge in [-0.25, -0.2) is 12.4 Å². The number of rotatable bonds is 6. The van der Waals surface area contributed by atoms with E-state index >= 15 is 0 Å². The number of nitrogens with one attached hydrogen (secondary N) is 2. The highest BCUT2D eigenvalue weighted by molar-refractivity contribution is 7.90. The van der Waals surface area contributed by atoms with Gasteiger partial charge in [-0.05, 0) is 68.8 Å². The number of fused-ring (bicyclic) bond motifs is 1. The first kappa shape index (κ1) is 21.1. The van der Waals surface area contributed by atoms with Gasteiger partial charge in [0.25, 0.3) is 10.0 Å². The fourth-order valence-corrected chi connectivity index (χ4v) is 5.36. The van der Waals surface area contributed by atoms with Crippen LogP contribution in [0.5, 0.6) is 0 Å². The van der Waals surface area contributed by atoms with Crippen LogP contribution in [0.3, 0.4) is 0 Å². The van der Waals surface area contributed by atoms with Crippen LogP contribution < -0.4 is 10.6 Å². The van der Waals surface area contributed by atoms with Gasteiger partial charge in [0.1, 0.15) is 4.90 Å². The van der Waals surface area contributed by atoms with E-state index in [0.717, 1.165) is 33.5 Å². The van der Waals surface area contributed by atoms with E-state index in [2.05, 4.69) is 48.5 Å². The fourth-order valence-electron chi connectivity index (χ4n) is 4.01. The van der Waals surface area contributed by atoms with Gasteiger partial charge in [0.05, 0.1) is 5.52 Å². The first-order valence-corrected chi connectivity index (χ1v) is 11.5. The van der Waals surface area contributed by atoms with Crippen molar-refractivity contribution in [2.75, 3.05) is 12.4 Å². The predicted octanol–water partition coefficient (Wildman–Crippen LogP) is 4.66. The minimum Gasteiger partial charge on any atom is -0.355 e. The van der Waals surface area contributed by atoms with Crippen molar-refractivity contribution in [3.8, 4) is 0 Å². The first-order valence-electron chi connectivity index (χ1n) is 10.1. The lowest BCUT2D eigenvalue weighted by Crippen LogP contribution is -2.12. The maximum absolute atomic E-state index is 13.4. The number of nitrogens with zero attached hydrogens (tertiary/aromatic N) is 2. The zero-order chi connectivity index (χ0) is 22.2. The molecular weight excluding hydrogens is 408 g/mol. The summed E-state index contributed by atoms with van der Waals surface area (Å²) in [7, 11) is -1.93. The van der Waals surface area contributed by atoms with Gasteiger partial charge in [-0.3, -0.25) is 4.98 Å². The quantitative estimate of drug-likeness (QED) is 0.462. The molecule has 0 saturated heterocycles. The van der Waals surface area contributed by atoms with Gasteiger partial charge in [0.15, 0.2) is 0 Å². The van der Waals surface area contributed by atoms with Gasteiger partial charge in [-0.15, -0.1) is 0 Å². The average Bonchev–Trinajstić information content (AvgIpc) is 3.10. The summed E-state index contributed by atoms with van der Waals surface area (Å²) >= 11 is 0. The van der Waals surface area contributed by atoms with Gasteiger partial charge >= 0.3 is 0 Å². The molecule has 4 aromatic rings. The molecule has 0 saturated carbocycles. The van der Waals surface area contributed by atoms with E-state index in [-0.39, 0.29) is 4.90 Å². The van der Waals surface area contributed by atoms with Crippen molar-refractivity contribution < 1.29 is 8.42 Å². The van der Waals surface area contributed by atoms with E-state index in [4.69, 9.17) is 0 Å². The van der Waals surface area contributed by atoms with Crippen LogP contribution in [0.25, 0.3) is 10.9 Å². The van der Waals surface area contributed by atoms with E-state index in [9.17, 15) is 8.42 Å². The van der Waals surface area contributed by atoms with Crippen LogP contribution in [-0.4, -0.2) is 24.4 Å². The third kappa shape index (κ3) is 3.94. The Hall–Kier alpha value is -3.16. The first-order chi connectivity index (χ1) is 14.8. The van der Waals surface area contributed by atoms with Crippen LogP contribution in [0.4, 0.5) is 11.4 Å². The molecule has 31 heavy (non-hydrogen) atoms. The number of aromatic nitrogens is 2. The Labute approximate surface area is 183 Å². The smallest absolute Gasteiger partial charge is 0.269 e. The molecule has 7 heteroatoms. The minimum atomic E-state index is -3.78. The Morgan fingerprint density at radius 2 is 1.77 bits per heavy atom. The number of hydrogen-bond donors (Lipinski definition) is 2. The minimum absolute atomic E-state index is 0.159. The van der Waals surface area contributed by atoms with Crippen molar-refractivity contribution >= 4 is 32.3 Å². The second-order valence-corrected chi connectivity index (χ2v) is 9.62. The van der Waals surface area contributed by atoms with Crippen molar-refractivity contribution in [1.82, 2.24) is 14.3 Å². The lowest BCUT2D eigenvalue weighted by molar-refractivity contribution is 0.588. The Kier molecular flexibility index (Phi) is 5.56. The summed E-state index contributed by atoms with van der Waals surface area (Å²) in [6, 6.07) is 13.3. The normalized spacial score (nSPS) is 11.7. The highest BCUT2D eigenvalue weighted by atomic mass is 32.2. The zero-order valence-electron chi connectivity index (χ0n) is 18.1. The molecule has 0 aliphatic rings. The molecule has 0 unspecified atom stereocenters. The van der Waals surface area contributed by atoms with Crippen LogP contribution in [0.15, 0.2) is 66.0 Å². The molecule has 0 aliphatic carbocycles. The van der Waals surface area contributed by atoms with E-state index in [1.54, 1.807) is 24.5 Å². The Morgan fingerprint density at radius 1 is 1.03 bits per heavy atom. The second-order valence-electron chi connectivity index (χ2n) is 7.80. The monoisotopic (exact) mass is 434 g/mol. The van der Waals surface area contributed by atoms with E-state index in [1.807, 2.05) is 25.2 Å². The molecule has 2 aromatic heterocycles. The molecule has 2 N–H and O–H groups in total. The lowest BCUT2D eigenvalue weighted by Gasteiger charge is -2.15. The summed E-state index contributed by atoms with van der Waals surface area (Å²) < 4.78 is 28.1. The third-order valence-electron chi connectivity index (χ3n) is 5.36. The second kappa shape index (κ2) is 8.17. The SMILES string of the molecule is CNCc1cn(S(=O)(=O)c2cccnc2)c2cc(Nc3c(C)cc(C)cc3C)ccc12. The Bertz CT molecular complexity index is 1340. The maximum atomic E-state index is 13.4. The molecule has 6 nitrogen and oxygen atoms in total. The van der Waals surface area contributed by atoms with E-state index in [1.165, 1.54) is 15.7 Å². The molecule has 0 radical (unpaired) electrons. The number of benzene rings is 2. The molecule has 0 amide bonds. The highest BCUT2D eigenvalue weighted by Crippen LogP contribution is 2.31. The fraction of sp³-hybridized carbons (Fsp3) is 0.208. The Balaban J connectivity index is 1.86. The van der Waals surface area contributed by atoms with Crippen LogP contribution in [0.2, 0.25) is 0 Å². The summed E-state index contributed by atoms with van der Waals surface area (Å²) in [6.45, 7) is 6.78. The largest absolute Gasteiger partial charge is 0.355 e. The Morgan fingerprint density at radius 3 is 2.42 bits per heavy atom. The third-order valence-corrected chi connectivity index (χ3v) is 7.02. The highest BCUT2D eigenvalue weighted by Gasteiger charge is 2.21. The van der Waals surface area contributed by atoms with Crippen molar-refractivity contribution in [1.29, 1.82) is 0 Å². The van der Waals surface area contributed by atoms with Crippen molar-refractivity contribution in [3.63, 3.8) is 0 Å². The molecule has 0 fully saturated rings. The summed E-state index contributed by atoms with van der Waals surface area (Å²) in [4.78, 5) is 4.14. The summed E-state index contributed by atoms with van der Waals surface area (Å²) in [5.41, 5.74) is 6.91. The van der Waals surface area contributed by atoms with E-state index < -0.39 is 10.0 Å². The van der Waals surface area contributed by atoms with Crippen molar-refractivity contribution in [2.24, 2.45) is 0 Å². The topological polar surface area (TPSA) is 76.0 Å². The van der Waals surface area contributed by atoms with Gasteiger partial charge in [0.2, 0.25) is 0 Å². The number of pyridine rings is 1. The average molecular weight is 435 g/mol. The number of aryl methyl sites for hydroxylation is 3. The number of anilines is 2. The van der Waals surface area contributed by atoms with E-state index in [0.29, 0.717) is 12.1 Å². The summed E-state index contributed by atoms with van der Waals surface area (Å²) in [5, 5.41) is 7.50. The predicted molar refractivity (Wildman–Crippen MR) is 125 cm³/mol. The molecule has 0 aliphatic heterocycles. The molecule has 0 bridgehead atoms. The van der Waals surface area contributed by atoms with Crippen LogP contribution in [-0.2, 0) is 16.6 Å².